The summed E-state index contributed by atoms with van der Waals surface area (Å²) in [5.41, 5.74) is 1.39. The molecule has 6 nitrogen and oxygen atoms in total. The van der Waals surface area contributed by atoms with Crippen LogP contribution in [0.15, 0.2) is 43.2 Å². The van der Waals surface area contributed by atoms with Crippen LogP contribution in [0.1, 0.15) is 10.4 Å². The lowest BCUT2D eigenvalue weighted by Crippen LogP contribution is -2.23. The van der Waals surface area contributed by atoms with Gasteiger partial charge in [-0.2, -0.15) is 0 Å². The minimum absolute atomic E-state index is 0.131. The number of carbonyl (C=O) groups excluding carboxylic acids is 1. The van der Waals surface area contributed by atoms with Crippen LogP contribution in [-0.4, -0.2) is 32.7 Å². The molecule has 0 unspecified atom stereocenters. The minimum Gasteiger partial charge on any atom is -0.349 e. The van der Waals surface area contributed by atoms with E-state index in [1.807, 2.05) is 0 Å². The Kier molecular flexibility index (Phi) is 3.25. The molecule has 1 amide bonds. The van der Waals surface area contributed by atoms with Crippen LogP contribution < -0.4 is 5.32 Å². The first-order valence-electron chi connectivity index (χ1n) is 5.04. The summed E-state index contributed by atoms with van der Waals surface area (Å²) in [6.07, 6.45) is 3.13. The fourth-order valence-electron chi connectivity index (χ4n) is 1.31. The van der Waals surface area contributed by atoms with Crippen molar-refractivity contribution in [2.45, 2.75) is 0 Å². The Morgan fingerprint density at radius 3 is 2.76 bits per heavy atom. The molecule has 1 heterocycles. The summed E-state index contributed by atoms with van der Waals surface area (Å²) in [5, 5.41) is 13.5. The van der Waals surface area contributed by atoms with Crippen molar-refractivity contribution in [2.75, 3.05) is 6.54 Å². The summed E-state index contributed by atoms with van der Waals surface area (Å²) < 4.78 is 1.52. The summed E-state index contributed by atoms with van der Waals surface area (Å²) in [4.78, 5) is 11.6. The fraction of sp³-hybridized carbons (Fsp3) is 0.0909. The topological polar surface area (TPSA) is 72.7 Å². The van der Waals surface area contributed by atoms with E-state index in [1.54, 1.807) is 30.3 Å². The van der Waals surface area contributed by atoms with Crippen molar-refractivity contribution in [1.82, 2.24) is 25.5 Å². The van der Waals surface area contributed by atoms with Gasteiger partial charge < -0.3 is 5.32 Å². The number of aromatic nitrogens is 4. The van der Waals surface area contributed by atoms with Crippen LogP contribution in [0.25, 0.3) is 5.69 Å². The van der Waals surface area contributed by atoms with E-state index in [-0.39, 0.29) is 5.91 Å². The second-order valence-corrected chi connectivity index (χ2v) is 3.30. The fourth-order valence-corrected chi connectivity index (χ4v) is 1.31. The van der Waals surface area contributed by atoms with Gasteiger partial charge in [-0.1, -0.05) is 6.08 Å². The highest BCUT2D eigenvalue weighted by atomic mass is 16.1. The van der Waals surface area contributed by atoms with Crippen molar-refractivity contribution >= 4 is 5.91 Å². The Balaban J connectivity index is 2.13. The summed E-state index contributed by atoms with van der Waals surface area (Å²) in [6.45, 7) is 3.99. The Hall–Kier alpha value is -2.50. The molecule has 2 rings (SSSR count). The lowest BCUT2D eigenvalue weighted by molar-refractivity contribution is 0.0958. The van der Waals surface area contributed by atoms with Gasteiger partial charge in [-0.3, -0.25) is 4.79 Å². The number of carbonyl (C=O) groups is 1. The van der Waals surface area contributed by atoms with Gasteiger partial charge in [0, 0.05) is 12.1 Å². The van der Waals surface area contributed by atoms with Gasteiger partial charge >= 0.3 is 0 Å². The first kappa shape index (κ1) is 11.0. The average molecular weight is 229 g/mol. The largest absolute Gasteiger partial charge is 0.349 e. The average Bonchev–Trinajstić information content (AvgIpc) is 2.90. The number of hydrogen-bond donors (Lipinski definition) is 1. The molecule has 0 aliphatic rings. The van der Waals surface area contributed by atoms with Gasteiger partial charge in [0.25, 0.3) is 5.91 Å². The maximum atomic E-state index is 11.6. The molecule has 0 spiro atoms. The quantitative estimate of drug-likeness (QED) is 0.778. The summed E-state index contributed by atoms with van der Waals surface area (Å²) in [6, 6.07) is 6.99. The molecular formula is C11H11N5O. The Morgan fingerprint density at radius 2 is 2.18 bits per heavy atom. The lowest BCUT2D eigenvalue weighted by Gasteiger charge is -2.03. The standard InChI is InChI=1S/C11H11N5O/c1-2-7-12-11(17)9-3-5-10(6-4-9)16-8-13-14-15-16/h2-6,8H,1,7H2,(H,12,17). The highest BCUT2D eigenvalue weighted by Crippen LogP contribution is 2.07. The first-order valence-corrected chi connectivity index (χ1v) is 5.04. The SMILES string of the molecule is C=CCNC(=O)c1ccc(-n2cnnn2)cc1. The molecule has 17 heavy (non-hydrogen) atoms. The Bertz CT molecular complexity index is 503. The molecule has 0 aliphatic heterocycles. The van der Waals surface area contributed by atoms with Gasteiger partial charge in [-0.25, -0.2) is 4.68 Å². The zero-order valence-electron chi connectivity index (χ0n) is 9.08. The molecule has 86 valence electrons. The molecule has 1 aromatic heterocycles. The predicted molar refractivity (Wildman–Crippen MR) is 61.7 cm³/mol. The molecule has 0 fully saturated rings. The van der Waals surface area contributed by atoms with E-state index in [0.29, 0.717) is 12.1 Å². The smallest absolute Gasteiger partial charge is 0.251 e. The van der Waals surface area contributed by atoms with Crippen LogP contribution in [0.2, 0.25) is 0 Å². The van der Waals surface area contributed by atoms with Crippen molar-refractivity contribution < 1.29 is 4.79 Å². The van der Waals surface area contributed by atoms with Crippen molar-refractivity contribution in [1.29, 1.82) is 0 Å². The normalized spacial score (nSPS) is 9.88. The molecule has 0 aliphatic carbocycles. The molecule has 0 saturated carbocycles. The maximum absolute atomic E-state index is 11.6. The number of amides is 1. The van der Waals surface area contributed by atoms with Crippen LogP contribution in [0, 0.1) is 0 Å². The summed E-state index contributed by atoms with van der Waals surface area (Å²) in [5.74, 6) is -0.131. The van der Waals surface area contributed by atoms with E-state index in [0.717, 1.165) is 5.69 Å². The van der Waals surface area contributed by atoms with Gasteiger partial charge in [0.1, 0.15) is 6.33 Å². The van der Waals surface area contributed by atoms with E-state index < -0.39 is 0 Å². The molecule has 0 atom stereocenters. The third-order valence-electron chi connectivity index (χ3n) is 2.15. The maximum Gasteiger partial charge on any atom is 0.251 e. The van der Waals surface area contributed by atoms with Gasteiger partial charge in [-0.15, -0.1) is 11.7 Å². The summed E-state index contributed by atoms with van der Waals surface area (Å²) >= 11 is 0. The van der Waals surface area contributed by atoms with E-state index in [2.05, 4.69) is 27.4 Å². The van der Waals surface area contributed by atoms with Gasteiger partial charge in [0.05, 0.1) is 5.69 Å². The molecule has 0 saturated heterocycles. The molecule has 0 bridgehead atoms. The van der Waals surface area contributed by atoms with E-state index >= 15 is 0 Å². The zero-order chi connectivity index (χ0) is 12.1. The van der Waals surface area contributed by atoms with Gasteiger partial charge in [0.15, 0.2) is 0 Å². The van der Waals surface area contributed by atoms with Crippen LogP contribution in [0.5, 0.6) is 0 Å². The van der Waals surface area contributed by atoms with Crippen molar-refractivity contribution in [3.05, 3.63) is 48.8 Å². The number of tetrazole rings is 1. The molecule has 6 heteroatoms. The molecule has 0 radical (unpaired) electrons. The second kappa shape index (κ2) is 5.02. The zero-order valence-corrected chi connectivity index (χ0v) is 9.08. The van der Waals surface area contributed by atoms with Gasteiger partial charge in [-0.05, 0) is 34.7 Å². The van der Waals surface area contributed by atoms with Crippen molar-refractivity contribution in [3.8, 4) is 5.69 Å². The minimum atomic E-state index is -0.131. The monoisotopic (exact) mass is 229 g/mol. The molecule has 2 aromatic rings. The number of hydrogen-bond acceptors (Lipinski definition) is 4. The van der Waals surface area contributed by atoms with Crippen molar-refractivity contribution in [2.24, 2.45) is 0 Å². The molecule has 1 N–H and O–H groups in total. The van der Waals surface area contributed by atoms with Gasteiger partial charge in [0.2, 0.25) is 0 Å². The number of nitrogens with zero attached hydrogens (tertiary/aromatic N) is 4. The number of nitrogens with one attached hydrogen (secondary N) is 1. The van der Waals surface area contributed by atoms with Crippen LogP contribution in [-0.2, 0) is 0 Å². The van der Waals surface area contributed by atoms with E-state index in [1.165, 1.54) is 11.0 Å². The van der Waals surface area contributed by atoms with Crippen LogP contribution in [0.3, 0.4) is 0 Å². The third kappa shape index (κ3) is 2.54. The number of rotatable bonds is 4. The van der Waals surface area contributed by atoms with E-state index in [9.17, 15) is 4.79 Å². The number of benzene rings is 1. The highest BCUT2D eigenvalue weighted by Gasteiger charge is 2.04. The predicted octanol–water partition coefficient (Wildman–Crippen LogP) is 0.578. The highest BCUT2D eigenvalue weighted by molar-refractivity contribution is 5.94. The Labute approximate surface area is 98.0 Å². The Morgan fingerprint density at radius 1 is 1.41 bits per heavy atom. The van der Waals surface area contributed by atoms with Crippen molar-refractivity contribution in [3.63, 3.8) is 0 Å². The molecule has 1 aromatic carbocycles. The van der Waals surface area contributed by atoms with Crippen LogP contribution >= 0.6 is 0 Å². The second-order valence-electron chi connectivity index (χ2n) is 3.30. The third-order valence-corrected chi connectivity index (χ3v) is 2.15. The van der Waals surface area contributed by atoms with Crippen LogP contribution in [0.4, 0.5) is 0 Å². The molecular weight excluding hydrogens is 218 g/mol. The summed E-state index contributed by atoms with van der Waals surface area (Å²) in [7, 11) is 0. The van der Waals surface area contributed by atoms with E-state index in [4.69, 9.17) is 0 Å². The lowest BCUT2D eigenvalue weighted by atomic mass is 10.2. The first-order chi connectivity index (χ1) is 8.31.